The van der Waals surface area contributed by atoms with Crippen LogP contribution >= 0.6 is 0 Å². The monoisotopic (exact) mass is 511 g/mol. The van der Waals surface area contributed by atoms with Crippen LogP contribution < -0.4 is 0 Å². The molecule has 0 spiro atoms. The van der Waals surface area contributed by atoms with Crippen molar-refractivity contribution in [3.8, 4) is 11.3 Å². The zero-order chi connectivity index (χ0) is 26.5. The summed E-state index contributed by atoms with van der Waals surface area (Å²) in [5.74, 6) is -0.106. The van der Waals surface area contributed by atoms with E-state index < -0.39 is 0 Å². The molecule has 7 rings (SSSR count). The number of hydrogen-bond acceptors (Lipinski definition) is 2. The molecule has 4 aromatic carbocycles. The van der Waals surface area contributed by atoms with Crippen molar-refractivity contribution in [3.63, 3.8) is 0 Å². The van der Waals surface area contributed by atoms with Crippen molar-refractivity contribution in [3.05, 3.63) is 131 Å². The quantitative estimate of drug-likeness (QED) is 0.298. The van der Waals surface area contributed by atoms with Crippen molar-refractivity contribution >= 4 is 22.7 Å². The maximum absolute atomic E-state index is 13.9. The molecule has 0 aliphatic carbocycles. The van der Waals surface area contributed by atoms with Gasteiger partial charge in [-0.3, -0.25) is 9.59 Å². The van der Waals surface area contributed by atoms with E-state index in [0.717, 1.165) is 39.7 Å². The van der Waals surface area contributed by atoms with Crippen molar-refractivity contribution in [1.29, 1.82) is 0 Å². The van der Waals surface area contributed by atoms with Gasteiger partial charge in [0.1, 0.15) is 6.54 Å². The number of carbonyl (C=O) groups excluding carboxylic acids is 2. The third-order valence-corrected chi connectivity index (χ3v) is 8.31. The second kappa shape index (κ2) is 9.28. The molecule has 39 heavy (non-hydrogen) atoms. The Morgan fingerprint density at radius 3 is 2.36 bits per heavy atom. The molecule has 5 aromatic rings. The molecule has 0 saturated heterocycles. The van der Waals surface area contributed by atoms with E-state index in [0.29, 0.717) is 18.7 Å². The summed E-state index contributed by atoms with van der Waals surface area (Å²) < 4.78 is 2.22. The van der Waals surface area contributed by atoms with Gasteiger partial charge in [-0.25, -0.2) is 0 Å². The summed E-state index contributed by atoms with van der Waals surface area (Å²) in [6.07, 6.45) is 0.834. The fourth-order valence-electron chi connectivity index (χ4n) is 6.44. The molecule has 0 radical (unpaired) electrons. The highest BCUT2D eigenvalue weighted by Gasteiger charge is 2.42. The lowest BCUT2D eigenvalue weighted by Crippen LogP contribution is -2.44. The summed E-state index contributed by atoms with van der Waals surface area (Å²) >= 11 is 0. The largest absolute Gasteiger partial charge is 0.343 e. The number of benzene rings is 4. The van der Waals surface area contributed by atoms with Gasteiger partial charge in [-0.1, -0.05) is 91.0 Å². The molecule has 5 nitrogen and oxygen atoms in total. The van der Waals surface area contributed by atoms with Gasteiger partial charge in [0.2, 0.25) is 5.91 Å². The summed E-state index contributed by atoms with van der Waals surface area (Å²) in [6.45, 7) is 1.29. The zero-order valence-electron chi connectivity index (χ0n) is 21.9. The van der Waals surface area contributed by atoms with Gasteiger partial charge in [-0.05, 0) is 40.8 Å². The average Bonchev–Trinajstić information content (AvgIpc) is 3.43. The van der Waals surface area contributed by atoms with E-state index in [4.69, 9.17) is 0 Å². The van der Waals surface area contributed by atoms with Gasteiger partial charge < -0.3 is 14.4 Å². The third-order valence-electron chi connectivity index (χ3n) is 8.31. The van der Waals surface area contributed by atoms with Crippen molar-refractivity contribution in [2.45, 2.75) is 19.0 Å². The maximum Gasteiger partial charge on any atom is 0.255 e. The predicted molar refractivity (Wildman–Crippen MR) is 153 cm³/mol. The first kappa shape index (κ1) is 23.5. The molecule has 0 saturated carbocycles. The molecule has 5 heteroatoms. The lowest BCUT2D eigenvalue weighted by molar-refractivity contribution is -0.133. The topological polar surface area (TPSA) is 45.6 Å². The van der Waals surface area contributed by atoms with Gasteiger partial charge in [-0.15, -0.1) is 0 Å². The summed E-state index contributed by atoms with van der Waals surface area (Å²) in [6, 6.07) is 34.4. The number of aromatic nitrogens is 1. The van der Waals surface area contributed by atoms with Crippen LogP contribution in [0.1, 0.15) is 38.7 Å². The number of carbonyl (C=O) groups is 2. The highest BCUT2D eigenvalue weighted by atomic mass is 16.2. The van der Waals surface area contributed by atoms with Gasteiger partial charge in [-0.2, -0.15) is 0 Å². The van der Waals surface area contributed by atoms with E-state index in [1.54, 1.807) is 4.90 Å². The SMILES string of the molecule is Cn1c(-c2ccccc2)c(C2c3ccccc3C(=O)N2CC(=O)N2CCc3ccccc3C2)c2ccccc21. The molecule has 1 unspecified atom stereocenters. The van der Waals surface area contributed by atoms with Crippen LogP contribution in [0.5, 0.6) is 0 Å². The van der Waals surface area contributed by atoms with Crippen molar-refractivity contribution < 1.29 is 9.59 Å². The van der Waals surface area contributed by atoms with Gasteiger partial charge in [0.05, 0.1) is 11.7 Å². The molecule has 2 aliphatic heterocycles. The second-order valence-corrected chi connectivity index (χ2v) is 10.5. The van der Waals surface area contributed by atoms with E-state index in [-0.39, 0.29) is 24.4 Å². The molecule has 2 amide bonds. The van der Waals surface area contributed by atoms with Gasteiger partial charge >= 0.3 is 0 Å². The smallest absolute Gasteiger partial charge is 0.255 e. The standard InChI is InChI=1S/C34H29N3O2/c1-35-29-18-10-9-17-28(29)31(32(35)24-12-3-2-4-13-24)33-26-15-7-8-16-27(26)34(39)37(33)22-30(38)36-20-19-23-11-5-6-14-25(23)21-36/h2-18,33H,19-22H2,1H3. The minimum atomic E-state index is -0.365. The highest BCUT2D eigenvalue weighted by molar-refractivity contribution is 6.03. The second-order valence-electron chi connectivity index (χ2n) is 10.5. The van der Waals surface area contributed by atoms with Gasteiger partial charge in [0, 0.05) is 42.2 Å². The van der Waals surface area contributed by atoms with E-state index in [1.807, 2.05) is 65.6 Å². The first-order valence-corrected chi connectivity index (χ1v) is 13.5. The molecule has 2 aliphatic rings. The molecular weight excluding hydrogens is 482 g/mol. The van der Waals surface area contributed by atoms with E-state index in [9.17, 15) is 9.59 Å². The molecule has 0 N–H and O–H groups in total. The average molecular weight is 512 g/mol. The molecular formula is C34H29N3O2. The van der Waals surface area contributed by atoms with Crippen molar-refractivity contribution in [2.75, 3.05) is 13.1 Å². The van der Waals surface area contributed by atoms with Crippen LogP contribution in [0.15, 0.2) is 103 Å². The first-order valence-electron chi connectivity index (χ1n) is 13.5. The van der Waals surface area contributed by atoms with Crippen molar-refractivity contribution in [2.24, 2.45) is 7.05 Å². The number of hydrogen-bond donors (Lipinski definition) is 0. The van der Waals surface area contributed by atoms with Crippen LogP contribution in [0, 0.1) is 0 Å². The molecule has 3 heterocycles. The third kappa shape index (κ3) is 3.76. The van der Waals surface area contributed by atoms with Crippen LogP contribution in [-0.4, -0.2) is 39.3 Å². The minimum absolute atomic E-state index is 0.0165. The van der Waals surface area contributed by atoms with Crippen LogP contribution in [0.4, 0.5) is 0 Å². The molecule has 0 fully saturated rings. The number of rotatable bonds is 4. The Labute approximate surface area is 227 Å². The number of nitrogens with zero attached hydrogens (tertiary/aromatic N) is 3. The number of fused-ring (bicyclic) bond motifs is 3. The maximum atomic E-state index is 13.9. The molecule has 1 atom stereocenters. The number of aryl methyl sites for hydroxylation is 1. The fourth-order valence-corrected chi connectivity index (χ4v) is 6.44. The Balaban J connectivity index is 1.35. The van der Waals surface area contributed by atoms with Crippen LogP contribution in [-0.2, 0) is 24.8 Å². The fraction of sp³-hybridized carbons (Fsp3) is 0.176. The Morgan fingerprint density at radius 1 is 0.821 bits per heavy atom. The Bertz CT molecular complexity index is 1740. The molecule has 192 valence electrons. The lowest BCUT2D eigenvalue weighted by Gasteiger charge is -2.32. The summed E-state index contributed by atoms with van der Waals surface area (Å²) in [5, 5.41) is 1.10. The predicted octanol–water partition coefficient (Wildman–Crippen LogP) is 5.98. The minimum Gasteiger partial charge on any atom is -0.343 e. The van der Waals surface area contributed by atoms with Gasteiger partial charge in [0.15, 0.2) is 0 Å². The molecule has 0 bridgehead atoms. The van der Waals surface area contributed by atoms with Crippen LogP contribution in [0.3, 0.4) is 0 Å². The summed E-state index contributed by atoms with van der Waals surface area (Å²) in [5.41, 5.74) is 8.42. The van der Waals surface area contributed by atoms with E-state index >= 15 is 0 Å². The number of amides is 2. The Morgan fingerprint density at radius 2 is 1.51 bits per heavy atom. The lowest BCUT2D eigenvalue weighted by atomic mass is 9.93. The Hall–Kier alpha value is -4.64. The highest BCUT2D eigenvalue weighted by Crippen LogP contribution is 2.46. The molecule has 1 aromatic heterocycles. The summed E-state index contributed by atoms with van der Waals surface area (Å²) in [4.78, 5) is 31.4. The van der Waals surface area contributed by atoms with Crippen LogP contribution in [0.25, 0.3) is 22.2 Å². The summed E-state index contributed by atoms with van der Waals surface area (Å²) in [7, 11) is 2.08. The van der Waals surface area contributed by atoms with E-state index in [1.165, 1.54) is 11.1 Å². The van der Waals surface area contributed by atoms with Crippen molar-refractivity contribution in [1.82, 2.24) is 14.4 Å². The van der Waals surface area contributed by atoms with E-state index in [2.05, 4.69) is 54.1 Å². The van der Waals surface area contributed by atoms with Crippen LogP contribution in [0.2, 0.25) is 0 Å². The first-order chi connectivity index (χ1) is 19.1. The number of para-hydroxylation sites is 1. The normalized spacial score (nSPS) is 16.4. The van der Waals surface area contributed by atoms with Gasteiger partial charge in [0.25, 0.3) is 5.91 Å². The Kier molecular flexibility index (Phi) is 5.58. The zero-order valence-corrected chi connectivity index (χ0v) is 21.9.